The maximum atomic E-state index is 5.83. The van der Waals surface area contributed by atoms with Crippen molar-refractivity contribution in [2.24, 2.45) is 16.8 Å². The smallest absolute Gasteiger partial charge is 0.194 e. The van der Waals surface area contributed by atoms with Gasteiger partial charge in [-0.3, -0.25) is 0 Å². The molecular formula is C17H26ClIN4. The fraction of sp³-hybridized carbons (Fsp3) is 0.647. The summed E-state index contributed by atoms with van der Waals surface area (Å²) in [5.74, 6) is 2.79. The van der Waals surface area contributed by atoms with Crippen LogP contribution in [-0.4, -0.2) is 35.5 Å². The highest BCUT2D eigenvalue weighted by molar-refractivity contribution is 14.0. The minimum absolute atomic E-state index is 0. The Morgan fingerprint density at radius 1 is 1.30 bits per heavy atom. The van der Waals surface area contributed by atoms with E-state index in [9.17, 15) is 0 Å². The van der Waals surface area contributed by atoms with Crippen LogP contribution in [-0.2, 0) is 6.54 Å². The van der Waals surface area contributed by atoms with E-state index in [0.717, 1.165) is 43.0 Å². The summed E-state index contributed by atoms with van der Waals surface area (Å²) in [6.07, 6.45) is 7.39. The molecule has 2 heterocycles. The van der Waals surface area contributed by atoms with Crippen molar-refractivity contribution in [2.75, 3.05) is 19.6 Å². The topological polar surface area (TPSA) is 40.5 Å². The third-order valence-corrected chi connectivity index (χ3v) is 5.03. The zero-order valence-corrected chi connectivity index (χ0v) is 16.8. The van der Waals surface area contributed by atoms with Crippen LogP contribution < -0.4 is 5.32 Å². The van der Waals surface area contributed by atoms with Crippen molar-refractivity contribution in [3.8, 4) is 0 Å². The number of pyridine rings is 1. The highest BCUT2D eigenvalue weighted by Gasteiger charge is 2.35. The first-order chi connectivity index (χ1) is 10.8. The summed E-state index contributed by atoms with van der Waals surface area (Å²) < 4.78 is 0. The first-order valence-corrected chi connectivity index (χ1v) is 8.77. The van der Waals surface area contributed by atoms with Crippen molar-refractivity contribution in [2.45, 2.75) is 39.2 Å². The SMILES string of the molecule is CCNC(=NCc1ccc(Cl)nc1)N1CC2CCCCC2C1.I. The number of halogens is 2. The van der Waals surface area contributed by atoms with Gasteiger partial charge in [0.05, 0.1) is 6.54 Å². The Labute approximate surface area is 161 Å². The highest BCUT2D eigenvalue weighted by atomic mass is 127. The van der Waals surface area contributed by atoms with Gasteiger partial charge in [-0.2, -0.15) is 0 Å². The quantitative estimate of drug-likeness (QED) is 0.329. The standard InChI is InChI=1S/C17H25ClN4.HI/c1-2-19-17(21-10-13-7-8-16(18)20-9-13)22-11-14-5-3-4-6-15(14)12-22;/h7-9,14-15H,2-6,10-12H2,1H3,(H,19,21);1H. The fourth-order valence-corrected chi connectivity index (χ4v) is 3.78. The number of fused-ring (bicyclic) bond motifs is 1. The van der Waals surface area contributed by atoms with E-state index in [2.05, 4.69) is 22.1 Å². The van der Waals surface area contributed by atoms with Gasteiger partial charge in [0, 0.05) is 25.8 Å². The molecular weight excluding hydrogens is 423 g/mol. The number of aliphatic imine (C=N–C) groups is 1. The monoisotopic (exact) mass is 448 g/mol. The number of aromatic nitrogens is 1. The maximum absolute atomic E-state index is 5.83. The van der Waals surface area contributed by atoms with E-state index >= 15 is 0 Å². The summed E-state index contributed by atoms with van der Waals surface area (Å²) in [6, 6.07) is 3.82. The van der Waals surface area contributed by atoms with Crippen molar-refractivity contribution in [1.29, 1.82) is 0 Å². The first-order valence-electron chi connectivity index (χ1n) is 8.40. The fourth-order valence-electron chi connectivity index (χ4n) is 3.67. The van der Waals surface area contributed by atoms with Crippen LogP contribution in [0.1, 0.15) is 38.2 Å². The number of nitrogens with zero attached hydrogens (tertiary/aromatic N) is 3. The summed E-state index contributed by atoms with van der Waals surface area (Å²) in [5, 5.41) is 3.98. The van der Waals surface area contributed by atoms with Crippen molar-refractivity contribution < 1.29 is 0 Å². The predicted octanol–water partition coefficient (Wildman–Crippen LogP) is 3.94. The van der Waals surface area contributed by atoms with E-state index in [1.165, 1.54) is 25.7 Å². The Morgan fingerprint density at radius 2 is 2.00 bits per heavy atom. The van der Waals surface area contributed by atoms with Gasteiger partial charge in [-0.1, -0.05) is 30.5 Å². The van der Waals surface area contributed by atoms with Gasteiger partial charge >= 0.3 is 0 Å². The molecule has 3 rings (SSSR count). The number of hydrogen-bond donors (Lipinski definition) is 1. The van der Waals surface area contributed by atoms with Crippen LogP contribution in [0.25, 0.3) is 0 Å². The van der Waals surface area contributed by atoms with E-state index in [4.69, 9.17) is 16.6 Å². The van der Waals surface area contributed by atoms with Gasteiger partial charge in [0.2, 0.25) is 0 Å². The molecule has 1 saturated carbocycles. The number of rotatable bonds is 3. The molecule has 2 fully saturated rings. The Hall–Kier alpha value is -0.560. The zero-order valence-electron chi connectivity index (χ0n) is 13.7. The van der Waals surface area contributed by atoms with Crippen LogP contribution in [0.2, 0.25) is 5.15 Å². The molecule has 1 saturated heterocycles. The summed E-state index contributed by atoms with van der Waals surface area (Å²) in [6.45, 7) is 6.01. The van der Waals surface area contributed by atoms with E-state index in [1.54, 1.807) is 6.20 Å². The number of guanidine groups is 1. The van der Waals surface area contributed by atoms with Gasteiger partial charge in [0.15, 0.2) is 5.96 Å². The summed E-state index contributed by atoms with van der Waals surface area (Å²) in [4.78, 5) is 11.4. The van der Waals surface area contributed by atoms with E-state index in [0.29, 0.717) is 11.7 Å². The van der Waals surface area contributed by atoms with Crippen molar-refractivity contribution in [3.05, 3.63) is 29.0 Å². The molecule has 1 aliphatic carbocycles. The van der Waals surface area contributed by atoms with Gasteiger partial charge in [0.25, 0.3) is 0 Å². The van der Waals surface area contributed by atoms with E-state index < -0.39 is 0 Å². The largest absolute Gasteiger partial charge is 0.357 e. The lowest BCUT2D eigenvalue weighted by Gasteiger charge is -2.22. The van der Waals surface area contributed by atoms with Gasteiger partial charge in [0.1, 0.15) is 5.15 Å². The molecule has 1 aromatic rings. The van der Waals surface area contributed by atoms with Gasteiger partial charge in [-0.25, -0.2) is 9.98 Å². The van der Waals surface area contributed by atoms with Gasteiger partial charge in [-0.15, -0.1) is 24.0 Å². The van der Waals surface area contributed by atoms with E-state index in [1.807, 2.05) is 12.1 Å². The van der Waals surface area contributed by atoms with E-state index in [-0.39, 0.29) is 24.0 Å². The van der Waals surface area contributed by atoms with Crippen molar-refractivity contribution >= 4 is 41.5 Å². The number of likely N-dealkylation sites (tertiary alicyclic amines) is 1. The second-order valence-corrected chi connectivity index (χ2v) is 6.76. The molecule has 128 valence electrons. The molecule has 0 bridgehead atoms. The lowest BCUT2D eigenvalue weighted by molar-refractivity contribution is 0.299. The minimum atomic E-state index is 0. The van der Waals surface area contributed by atoms with Crippen LogP contribution >= 0.6 is 35.6 Å². The second-order valence-electron chi connectivity index (χ2n) is 6.37. The van der Waals surface area contributed by atoms with Crippen LogP contribution in [0.3, 0.4) is 0 Å². The second kappa shape index (κ2) is 9.06. The number of nitrogens with one attached hydrogen (secondary N) is 1. The molecule has 0 radical (unpaired) electrons. The van der Waals surface area contributed by atoms with Crippen LogP contribution in [0.5, 0.6) is 0 Å². The Bertz CT molecular complexity index is 506. The normalized spacial score (nSPS) is 24.1. The molecule has 2 atom stereocenters. The van der Waals surface area contributed by atoms with Crippen LogP contribution in [0.4, 0.5) is 0 Å². The highest BCUT2D eigenvalue weighted by Crippen LogP contribution is 2.35. The molecule has 4 nitrogen and oxygen atoms in total. The Balaban J connectivity index is 0.00000192. The van der Waals surface area contributed by atoms with Crippen LogP contribution in [0, 0.1) is 11.8 Å². The molecule has 0 aromatic carbocycles. The molecule has 0 spiro atoms. The summed E-state index contributed by atoms with van der Waals surface area (Å²) in [5.41, 5.74) is 1.09. The minimum Gasteiger partial charge on any atom is -0.357 e. The third kappa shape index (κ3) is 4.95. The Morgan fingerprint density at radius 3 is 2.57 bits per heavy atom. The average Bonchev–Trinajstić information content (AvgIpc) is 2.97. The molecule has 2 aliphatic rings. The zero-order chi connectivity index (χ0) is 15.4. The maximum Gasteiger partial charge on any atom is 0.194 e. The molecule has 2 unspecified atom stereocenters. The predicted molar refractivity (Wildman–Crippen MR) is 106 cm³/mol. The van der Waals surface area contributed by atoms with Gasteiger partial charge < -0.3 is 10.2 Å². The Kier molecular flexibility index (Phi) is 7.40. The molecule has 1 N–H and O–H groups in total. The van der Waals surface area contributed by atoms with Crippen molar-refractivity contribution in [1.82, 2.24) is 15.2 Å². The van der Waals surface area contributed by atoms with Gasteiger partial charge in [-0.05, 0) is 43.2 Å². The van der Waals surface area contributed by atoms with Crippen LogP contribution in [0.15, 0.2) is 23.3 Å². The lowest BCUT2D eigenvalue weighted by atomic mass is 9.82. The first kappa shape index (κ1) is 18.8. The number of hydrogen-bond acceptors (Lipinski definition) is 2. The summed E-state index contributed by atoms with van der Waals surface area (Å²) >= 11 is 5.83. The molecule has 1 aromatic heterocycles. The third-order valence-electron chi connectivity index (χ3n) is 4.81. The lowest BCUT2D eigenvalue weighted by Crippen LogP contribution is -2.40. The van der Waals surface area contributed by atoms with Crippen molar-refractivity contribution in [3.63, 3.8) is 0 Å². The molecule has 1 aliphatic heterocycles. The average molecular weight is 449 g/mol. The molecule has 23 heavy (non-hydrogen) atoms. The molecule has 0 amide bonds. The molecule has 6 heteroatoms. The summed E-state index contributed by atoms with van der Waals surface area (Å²) in [7, 11) is 0.